The Bertz CT molecular complexity index is 1190. The number of hydrogen-bond acceptors (Lipinski definition) is 3. The van der Waals surface area contributed by atoms with Crippen LogP contribution in [0.15, 0.2) is 48.5 Å². The van der Waals surface area contributed by atoms with Gasteiger partial charge in [-0.25, -0.2) is 13.2 Å². The molecular weight excluding hydrogens is 453 g/mol. The number of ether oxygens (including phenoxy) is 2. The first-order chi connectivity index (χ1) is 16.5. The summed E-state index contributed by atoms with van der Waals surface area (Å²) in [7, 11) is 1.40. The Balaban J connectivity index is 1.81. The molecular formula is C29H33F3O3. The van der Waals surface area contributed by atoms with Crippen molar-refractivity contribution in [2.45, 2.75) is 58.3 Å². The molecule has 1 N–H and O–H groups in total. The van der Waals surface area contributed by atoms with Crippen LogP contribution in [0.25, 0.3) is 0 Å². The molecule has 0 saturated heterocycles. The molecule has 0 saturated carbocycles. The molecule has 3 aromatic carbocycles. The van der Waals surface area contributed by atoms with E-state index >= 15 is 4.39 Å². The van der Waals surface area contributed by atoms with E-state index in [1.165, 1.54) is 19.2 Å². The molecule has 35 heavy (non-hydrogen) atoms. The van der Waals surface area contributed by atoms with Crippen LogP contribution in [0.4, 0.5) is 13.2 Å². The minimum Gasteiger partial charge on any atom is -0.505 e. The molecule has 0 spiro atoms. The molecule has 3 aromatic rings. The van der Waals surface area contributed by atoms with Crippen molar-refractivity contribution in [2.24, 2.45) is 0 Å². The number of aromatic hydroxyl groups is 1. The van der Waals surface area contributed by atoms with Gasteiger partial charge in [-0.1, -0.05) is 65.0 Å². The van der Waals surface area contributed by atoms with Gasteiger partial charge in [-0.2, -0.15) is 0 Å². The van der Waals surface area contributed by atoms with E-state index in [0.29, 0.717) is 12.0 Å². The maximum Gasteiger partial charge on any atom is 0.169 e. The Morgan fingerprint density at radius 1 is 0.914 bits per heavy atom. The molecule has 0 amide bonds. The predicted octanol–water partition coefficient (Wildman–Crippen LogP) is 7.84. The van der Waals surface area contributed by atoms with Crippen LogP contribution in [0, 0.1) is 17.5 Å². The largest absolute Gasteiger partial charge is 0.505 e. The molecule has 0 aliphatic carbocycles. The number of phenolic OH excluding ortho intramolecular Hbond substituents is 1. The van der Waals surface area contributed by atoms with Crippen LogP contribution in [-0.4, -0.2) is 18.8 Å². The van der Waals surface area contributed by atoms with Crippen LogP contribution in [0.2, 0.25) is 0 Å². The van der Waals surface area contributed by atoms with Crippen molar-refractivity contribution in [3.63, 3.8) is 0 Å². The smallest absolute Gasteiger partial charge is 0.169 e. The number of para-hydroxylation sites is 1. The van der Waals surface area contributed by atoms with Crippen LogP contribution >= 0.6 is 0 Å². The third-order valence-corrected chi connectivity index (χ3v) is 6.63. The predicted molar refractivity (Wildman–Crippen MR) is 132 cm³/mol. The third kappa shape index (κ3) is 5.42. The van der Waals surface area contributed by atoms with Gasteiger partial charge < -0.3 is 14.6 Å². The van der Waals surface area contributed by atoms with Gasteiger partial charge in [0.1, 0.15) is 0 Å². The van der Waals surface area contributed by atoms with Crippen molar-refractivity contribution < 1.29 is 27.8 Å². The topological polar surface area (TPSA) is 38.7 Å². The number of halogens is 3. The second-order valence-corrected chi connectivity index (χ2v) is 9.69. The lowest BCUT2D eigenvalue weighted by Crippen LogP contribution is -2.22. The van der Waals surface area contributed by atoms with Gasteiger partial charge in [0.25, 0.3) is 0 Å². The Morgan fingerprint density at radius 3 is 2.26 bits per heavy atom. The Kier molecular flexibility index (Phi) is 8.04. The highest BCUT2D eigenvalue weighted by atomic mass is 19.1. The first kappa shape index (κ1) is 26.5. The minimum absolute atomic E-state index is 0.0893. The van der Waals surface area contributed by atoms with E-state index in [9.17, 15) is 13.9 Å². The summed E-state index contributed by atoms with van der Waals surface area (Å²) in [6.45, 7) is 9.59. The molecule has 0 bridgehead atoms. The maximum atomic E-state index is 15.7. The Morgan fingerprint density at radius 2 is 1.63 bits per heavy atom. The monoisotopic (exact) mass is 486 g/mol. The molecule has 1 unspecified atom stereocenters. The summed E-state index contributed by atoms with van der Waals surface area (Å²) >= 11 is 0. The summed E-state index contributed by atoms with van der Waals surface area (Å²) in [4.78, 5) is 0. The molecule has 0 aliphatic rings. The van der Waals surface area contributed by atoms with Gasteiger partial charge in [-0.15, -0.1) is 0 Å². The average Bonchev–Trinajstić information content (AvgIpc) is 2.81. The molecule has 3 nitrogen and oxygen atoms in total. The SMILES string of the molecule is COc1c(C(C)CCOc2ccc(C(C)C)cc2F)ccc(C(C)(C)c2cccc(F)c2O)c1F. The van der Waals surface area contributed by atoms with Gasteiger partial charge in [0.15, 0.2) is 34.7 Å². The Labute approximate surface area is 205 Å². The van der Waals surface area contributed by atoms with Crippen LogP contribution in [0.1, 0.15) is 75.1 Å². The molecule has 3 rings (SSSR count). The van der Waals surface area contributed by atoms with E-state index in [0.717, 1.165) is 11.6 Å². The molecule has 188 valence electrons. The van der Waals surface area contributed by atoms with Crippen LogP contribution in [0.5, 0.6) is 17.2 Å². The number of rotatable bonds is 9. The summed E-state index contributed by atoms with van der Waals surface area (Å²) in [5.41, 5.74) is 1.08. The first-order valence-corrected chi connectivity index (χ1v) is 11.8. The van der Waals surface area contributed by atoms with Crippen LogP contribution in [0.3, 0.4) is 0 Å². The van der Waals surface area contributed by atoms with E-state index in [-0.39, 0.29) is 41.1 Å². The summed E-state index contributed by atoms with van der Waals surface area (Å²) in [6.07, 6.45) is 0.509. The third-order valence-electron chi connectivity index (χ3n) is 6.63. The molecule has 0 aromatic heterocycles. The highest BCUT2D eigenvalue weighted by molar-refractivity contribution is 5.51. The summed E-state index contributed by atoms with van der Waals surface area (Å²) in [6, 6.07) is 12.6. The van der Waals surface area contributed by atoms with Gasteiger partial charge in [-0.3, -0.25) is 0 Å². The Hall–Kier alpha value is -3.15. The number of hydrogen-bond donors (Lipinski definition) is 1. The lowest BCUT2D eigenvalue weighted by Gasteiger charge is -2.29. The molecule has 1 atom stereocenters. The van der Waals surface area contributed by atoms with E-state index in [4.69, 9.17) is 9.47 Å². The van der Waals surface area contributed by atoms with Gasteiger partial charge in [0.05, 0.1) is 13.7 Å². The molecule has 6 heteroatoms. The van der Waals surface area contributed by atoms with E-state index in [1.807, 2.05) is 26.8 Å². The minimum atomic E-state index is -1.02. The normalized spacial score (nSPS) is 12.6. The zero-order valence-corrected chi connectivity index (χ0v) is 21.1. The standard InChI is InChI=1S/C29H33F3O3/c1-17(2)19-10-13-25(24(31)16-19)35-15-14-18(3)20-11-12-21(26(32)28(20)34-6)29(4,5)22-8-7-9-23(30)27(22)33/h7-13,16-18,33H,14-15H2,1-6H3. The number of methoxy groups -OCH3 is 1. The van der Waals surface area contributed by atoms with E-state index in [1.54, 1.807) is 38.1 Å². The van der Waals surface area contributed by atoms with Gasteiger partial charge in [0, 0.05) is 22.1 Å². The lowest BCUT2D eigenvalue weighted by molar-refractivity contribution is 0.284. The fourth-order valence-corrected chi connectivity index (χ4v) is 4.31. The van der Waals surface area contributed by atoms with Crippen molar-refractivity contribution in [3.8, 4) is 17.2 Å². The second-order valence-electron chi connectivity index (χ2n) is 9.69. The van der Waals surface area contributed by atoms with E-state index < -0.39 is 28.6 Å². The quantitative estimate of drug-likeness (QED) is 0.335. The average molecular weight is 487 g/mol. The number of phenols is 1. The van der Waals surface area contributed by atoms with Crippen molar-refractivity contribution in [2.75, 3.05) is 13.7 Å². The van der Waals surface area contributed by atoms with Crippen molar-refractivity contribution in [3.05, 3.63) is 88.2 Å². The summed E-state index contributed by atoms with van der Waals surface area (Å²) in [5.74, 6) is -1.88. The highest BCUT2D eigenvalue weighted by Crippen LogP contribution is 2.43. The van der Waals surface area contributed by atoms with E-state index in [2.05, 4.69) is 0 Å². The maximum absolute atomic E-state index is 15.7. The molecule has 0 heterocycles. The highest BCUT2D eigenvalue weighted by Gasteiger charge is 2.32. The van der Waals surface area contributed by atoms with Gasteiger partial charge >= 0.3 is 0 Å². The fourth-order valence-electron chi connectivity index (χ4n) is 4.31. The fraction of sp³-hybridized carbons (Fsp3) is 0.379. The van der Waals surface area contributed by atoms with Gasteiger partial charge in [-0.05, 0) is 42.0 Å². The van der Waals surface area contributed by atoms with Crippen LogP contribution in [-0.2, 0) is 5.41 Å². The van der Waals surface area contributed by atoms with Crippen molar-refractivity contribution in [1.29, 1.82) is 0 Å². The molecule has 0 aliphatic heterocycles. The van der Waals surface area contributed by atoms with Crippen molar-refractivity contribution >= 4 is 0 Å². The second kappa shape index (κ2) is 10.6. The molecule has 0 fully saturated rings. The summed E-state index contributed by atoms with van der Waals surface area (Å²) in [5, 5.41) is 10.2. The zero-order valence-electron chi connectivity index (χ0n) is 21.1. The molecule has 0 radical (unpaired) electrons. The zero-order chi connectivity index (χ0) is 25.9. The van der Waals surface area contributed by atoms with Crippen LogP contribution < -0.4 is 9.47 Å². The van der Waals surface area contributed by atoms with Crippen molar-refractivity contribution in [1.82, 2.24) is 0 Å². The summed E-state index contributed by atoms with van der Waals surface area (Å²) < 4.78 is 55.1. The first-order valence-electron chi connectivity index (χ1n) is 11.8. The lowest BCUT2D eigenvalue weighted by atomic mass is 9.76. The van der Waals surface area contributed by atoms with Gasteiger partial charge in [0.2, 0.25) is 0 Å². The number of benzene rings is 3.